The summed E-state index contributed by atoms with van der Waals surface area (Å²) in [4.78, 5) is 3.33. The first-order chi connectivity index (χ1) is 7.65. The summed E-state index contributed by atoms with van der Waals surface area (Å²) in [7, 11) is 0. The van der Waals surface area contributed by atoms with E-state index in [0.717, 1.165) is 30.4 Å². The van der Waals surface area contributed by atoms with Gasteiger partial charge in [-0.15, -0.1) is 0 Å². The highest BCUT2D eigenvalue weighted by Crippen LogP contribution is 2.34. The molecule has 0 unspecified atom stereocenters. The minimum Gasteiger partial charge on any atom is -0.353 e. The van der Waals surface area contributed by atoms with Crippen molar-refractivity contribution < 1.29 is 0 Å². The quantitative estimate of drug-likeness (QED) is 0.545. The van der Waals surface area contributed by atoms with E-state index < -0.39 is 0 Å². The predicted molar refractivity (Wildman–Crippen MR) is 76.2 cm³/mol. The Morgan fingerprint density at radius 3 is 2.50 bits per heavy atom. The summed E-state index contributed by atoms with van der Waals surface area (Å²) in [6.07, 6.45) is 0. The van der Waals surface area contributed by atoms with Crippen molar-refractivity contribution in [2.24, 2.45) is 0 Å². The van der Waals surface area contributed by atoms with Crippen molar-refractivity contribution in [3.05, 3.63) is 44.3 Å². The minimum absolute atomic E-state index is 0.733. The lowest BCUT2D eigenvalue weighted by Gasteiger charge is -1.96. The monoisotopic (exact) mass is 357 g/mol. The summed E-state index contributed by atoms with van der Waals surface area (Å²) < 4.78 is 2.06. The van der Waals surface area contributed by atoms with Crippen LogP contribution in [-0.4, -0.2) is 4.98 Å². The SMILES string of the molecule is Clc1cc(Br)cc2c1[nH]c1ccc(Br)cc12. The molecule has 3 rings (SSSR count). The molecule has 2 aromatic carbocycles. The molecule has 0 aliphatic rings. The second kappa shape index (κ2) is 3.76. The van der Waals surface area contributed by atoms with E-state index >= 15 is 0 Å². The van der Waals surface area contributed by atoms with E-state index in [1.165, 1.54) is 5.39 Å². The number of nitrogens with one attached hydrogen (secondary N) is 1. The van der Waals surface area contributed by atoms with Crippen molar-refractivity contribution in [3.63, 3.8) is 0 Å². The van der Waals surface area contributed by atoms with Crippen LogP contribution >= 0.6 is 43.5 Å². The number of benzene rings is 2. The summed E-state index contributed by atoms with van der Waals surface area (Å²) >= 11 is 13.1. The van der Waals surface area contributed by atoms with Gasteiger partial charge in [0, 0.05) is 25.2 Å². The molecule has 16 heavy (non-hydrogen) atoms. The number of hydrogen-bond acceptors (Lipinski definition) is 0. The third kappa shape index (κ3) is 1.58. The molecule has 0 aliphatic carbocycles. The molecule has 0 aliphatic heterocycles. The molecule has 0 saturated carbocycles. The van der Waals surface area contributed by atoms with Crippen molar-refractivity contribution in [2.75, 3.05) is 0 Å². The largest absolute Gasteiger partial charge is 0.353 e. The summed E-state index contributed by atoms with van der Waals surface area (Å²) in [5.74, 6) is 0. The first-order valence-electron chi connectivity index (χ1n) is 4.71. The van der Waals surface area contributed by atoms with Crippen molar-refractivity contribution in [1.29, 1.82) is 0 Å². The first kappa shape index (κ1) is 10.6. The Morgan fingerprint density at radius 1 is 0.938 bits per heavy atom. The lowest BCUT2D eigenvalue weighted by molar-refractivity contribution is 1.54. The Labute approximate surface area is 114 Å². The van der Waals surface area contributed by atoms with Crippen LogP contribution in [0.25, 0.3) is 21.8 Å². The normalized spacial score (nSPS) is 11.4. The first-order valence-corrected chi connectivity index (χ1v) is 6.67. The maximum absolute atomic E-state index is 6.20. The number of aromatic nitrogens is 1. The molecule has 1 heterocycles. The third-order valence-electron chi connectivity index (χ3n) is 2.59. The molecule has 1 N–H and O–H groups in total. The van der Waals surface area contributed by atoms with Crippen molar-refractivity contribution in [2.45, 2.75) is 0 Å². The predicted octanol–water partition coefficient (Wildman–Crippen LogP) is 5.50. The van der Waals surface area contributed by atoms with Gasteiger partial charge in [-0.25, -0.2) is 0 Å². The van der Waals surface area contributed by atoms with Crippen LogP contribution < -0.4 is 0 Å². The summed E-state index contributed by atoms with van der Waals surface area (Å²) in [6, 6.07) is 10.1. The maximum atomic E-state index is 6.20. The van der Waals surface area contributed by atoms with Gasteiger partial charge in [-0.3, -0.25) is 0 Å². The molecule has 3 aromatic rings. The van der Waals surface area contributed by atoms with Gasteiger partial charge in [0.15, 0.2) is 0 Å². The number of rotatable bonds is 0. The highest BCUT2D eigenvalue weighted by atomic mass is 79.9. The number of halogens is 3. The highest BCUT2D eigenvalue weighted by molar-refractivity contribution is 9.10. The number of hydrogen-bond donors (Lipinski definition) is 1. The molecule has 80 valence electrons. The zero-order valence-electron chi connectivity index (χ0n) is 8.02. The molecule has 0 spiro atoms. The molecule has 0 radical (unpaired) electrons. The lowest BCUT2D eigenvalue weighted by Crippen LogP contribution is -1.71. The molecule has 0 amide bonds. The van der Waals surface area contributed by atoms with Gasteiger partial charge in [-0.2, -0.15) is 0 Å². The van der Waals surface area contributed by atoms with Crippen molar-refractivity contribution >= 4 is 65.3 Å². The fourth-order valence-electron chi connectivity index (χ4n) is 1.90. The summed E-state index contributed by atoms with van der Waals surface area (Å²) in [5.41, 5.74) is 2.08. The van der Waals surface area contributed by atoms with Crippen LogP contribution in [0.4, 0.5) is 0 Å². The van der Waals surface area contributed by atoms with Crippen molar-refractivity contribution in [3.8, 4) is 0 Å². The van der Waals surface area contributed by atoms with Crippen molar-refractivity contribution in [1.82, 2.24) is 4.98 Å². The number of fused-ring (bicyclic) bond motifs is 3. The van der Waals surface area contributed by atoms with Gasteiger partial charge in [0.25, 0.3) is 0 Å². The van der Waals surface area contributed by atoms with Gasteiger partial charge >= 0.3 is 0 Å². The molecule has 0 atom stereocenters. The molecule has 1 aromatic heterocycles. The van der Waals surface area contributed by atoms with E-state index in [9.17, 15) is 0 Å². The van der Waals surface area contributed by atoms with E-state index in [0.29, 0.717) is 0 Å². The van der Waals surface area contributed by atoms with Gasteiger partial charge in [-0.05, 0) is 30.3 Å². The molecule has 0 saturated heterocycles. The highest BCUT2D eigenvalue weighted by Gasteiger charge is 2.08. The van der Waals surface area contributed by atoms with Gasteiger partial charge < -0.3 is 4.98 Å². The Morgan fingerprint density at radius 2 is 1.69 bits per heavy atom. The van der Waals surface area contributed by atoms with Crippen LogP contribution in [0.2, 0.25) is 5.02 Å². The second-order valence-corrected chi connectivity index (χ2v) is 5.86. The Kier molecular flexibility index (Phi) is 2.50. The lowest BCUT2D eigenvalue weighted by atomic mass is 10.1. The topological polar surface area (TPSA) is 15.8 Å². The molecule has 4 heteroatoms. The summed E-state index contributed by atoms with van der Waals surface area (Å²) in [5, 5.41) is 3.04. The fourth-order valence-corrected chi connectivity index (χ4v) is 3.11. The minimum atomic E-state index is 0.733. The second-order valence-electron chi connectivity index (χ2n) is 3.63. The molecule has 0 bridgehead atoms. The van der Waals surface area contributed by atoms with Gasteiger partial charge in [0.1, 0.15) is 0 Å². The van der Waals surface area contributed by atoms with Crippen LogP contribution in [-0.2, 0) is 0 Å². The number of H-pyrrole nitrogens is 1. The fraction of sp³-hybridized carbons (Fsp3) is 0. The standard InChI is InChI=1S/C12H6Br2ClN/c13-6-1-2-11-8(3-6)9-4-7(14)5-10(15)12(9)16-11/h1-5,16H. The van der Waals surface area contributed by atoms with E-state index in [2.05, 4.69) is 49.0 Å². The molecule has 1 nitrogen and oxygen atoms in total. The zero-order chi connectivity index (χ0) is 11.3. The average Bonchev–Trinajstić information content (AvgIpc) is 2.57. The zero-order valence-corrected chi connectivity index (χ0v) is 11.9. The van der Waals surface area contributed by atoms with Crippen LogP contribution in [0.1, 0.15) is 0 Å². The third-order valence-corrected chi connectivity index (χ3v) is 3.84. The Bertz CT molecular complexity index is 703. The van der Waals surface area contributed by atoms with Crippen LogP contribution in [0.5, 0.6) is 0 Å². The van der Waals surface area contributed by atoms with Gasteiger partial charge in [0.2, 0.25) is 0 Å². The molecular formula is C12H6Br2ClN. The van der Waals surface area contributed by atoms with Crippen LogP contribution in [0, 0.1) is 0 Å². The van der Waals surface area contributed by atoms with Crippen LogP contribution in [0.3, 0.4) is 0 Å². The Hall–Kier alpha value is -0.510. The van der Waals surface area contributed by atoms with E-state index in [4.69, 9.17) is 11.6 Å². The van der Waals surface area contributed by atoms with Gasteiger partial charge in [0.05, 0.1) is 10.5 Å². The van der Waals surface area contributed by atoms with E-state index in [1.54, 1.807) is 0 Å². The van der Waals surface area contributed by atoms with E-state index in [-0.39, 0.29) is 0 Å². The molecular weight excluding hydrogens is 353 g/mol. The summed E-state index contributed by atoms with van der Waals surface area (Å²) in [6.45, 7) is 0. The number of aromatic amines is 1. The van der Waals surface area contributed by atoms with Crippen LogP contribution in [0.15, 0.2) is 39.3 Å². The maximum Gasteiger partial charge on any atom is 0.0658 e. The Balaban J connectivity index is 2.57. The van der Waals surface area contributed by atoms with Gasteiger partial charge in [-0.1, -0.05) is 43.5 Å². The average molecular weight is 359 g/mol. The smallest absolute Gasteiger partial charge is 0.0658 e. The van der Waals surface area contributed by atoms with E-state index in [1.807, 2.05) is 18.2 Å². The molecule has 0 fully saturated rings.